The van der Waals surface area contributed by atoms with Crippen molar-refractivity contribution in [2.75, 3.05) is 4.72 Å². The third-order valence-electron chi connectivity index (χ3n) is 5.11. The van der Waals surface area contributed by atoms with Gasteiger partial charge in [0.2, 0.25) is 0 Å². The van der Waals surface area contributed by atoms with E-state index in [0.29, 0.717) is 18.4 Å². The van der Waals surface area contributed by atoms with Crippen molar-refractivity contribution in [1.82, 2.24) is 5.32 Å². The molecular weight excluding hydrogens is 393 g/mol. The third-order valence-corrected chi connectivity index (χ3v) is 6.49. The van der Waals surface area contributed by atoms with E-state index < -0.39 is 21.4 Å². The van der Waals surface area contributed by atoms with E-state index in [1.165, 1.54) is 43.3 Å². The maximum Gasteiger partial charge on any atom is 0.261 e. The molecule has 2 aromatic carbocycles. The average molecular weight is 415 g/mol. The number of aryl methyl sites for hydroxylation is 1. The smallest absolute Gasteiger partial charge is 0.261 e. The van der Waals surface area contributed by atoms with Crippen LogP contribution in [0.5, 0.6) is 0 Å². The molecule has 0 saturated heterocycles. The van der Waals surface area contributed by atoms with Crippen LogP contribution in [0.1, 0.15) is 48.0 Å². The zero-order valence-corrected chi connectivity index (χ0v) is 16.9. The molecule has 152 valence electrons. The number of nitrogens with zero attached hydrogens (tertiary/aromatic N) is 1. The van der Waals surface area contributed by atoms with Gasteiger partial charge in [0, 0.05) is 11.3 Å². The first-order valence-electron chi connectivity index (χ1n) is 9.37. The second kappa shape index (κ2) is 8.21. The number of rotatable bonds is 5. The Labute approximate surface area is 169 Å². The van der Waals surface area contributed by atoms with Gasteiger partial charge in [-0.2, -0.15) is 5.26 Å². The molecule has 3 rings (SSSR count). The predicted molar refractivity (Wildman–Crippen MR) is 107 cm³/mol. The first-order valence-corrected chi connectivity index (χ1v) is 10.9. The van der Waals surface area contributed by atoms with Gasteiger partial charge >= 0.3 is 0 Å². The molecule has 0 atom stereocenters. The first-order chi connectivity index (χ1) is 13.7. The topological polar surface area (TPSA) is 99.1 Å². The quantitative estimate of drug-likeness (QED) is 0.774. The van der Waals surface area contributed by atoms with E-state index in [0.717, 1.165) is 25.3 Å². The van der Waals surface area contributed by atoms with Gasteiger partial charge in [0.1, 0.15) is 11.4 Å². The maximum atomic E-state index is 13.4. The molecule has 1 aliphatic rings. The van der Waals surface area contributed by atoms with Crippen LogP contribution in [-0.4, -0.2) is 19.9 Å². The Morgan fingerprint density at radius 3 is 2.34 bits per heavy atom. The van der Waals surface area contributed by atoms with Gasteiger partial charge in [-0.05, 0) is 67.8 Å². The Morgan fingerprint density at radius 2 is 1.76 bits per heavy atom. The van der Waals surface area contributed by atoms with Crippen molar-refractivity contribution in [3.05, 3.63) is 59.4 Å². The second-order valence-electron chi connectivity index (χ2n) is 7.30. The Hall–Kier alpha value is -2.92. The zero-order valence-electron chi connectivity index (χ0n) is 16.0. The largest absolute Gasteiger partial charge is 0.334 e. The standard InChI is InChI=1S/C21H22FN3O3S/c1-15-13-18(9-10-19(15)22)29(27,28)25-17-7-5-16(6-8-17)20(26)24-21(14-23)11-3-2-4-12-21/h5-10,13,25H,2-4,11-12H2,1H3,(H,24,26). The van der Waals surface area contributed by atoms with Gasteiger partial charge in [-0.3, -0.25) is 9.52 Å². The zero-order chi connectivity index (χ0) is 21.1. The molecule has 2 aromatic rings. The third kappa shape index (κ3) is 4.74. The van der Waals surface area contributed by atoms with Crippen LogP contribution < -0.4 is 10.0 Å². The van der Waals surface area contributed by atoms with Crippen molar-refractivity contribution in [3.8, 4) is 6.07 Å². The summed E-state index contributed by atoms with van der Waals surface area (Å²) >= 11 is 0. The van der Waals surface area contributed by atoms with E-state index in [1.54, 1.807) is 0 Å². The minimum Gasteiger partial charge on any atom is -0.334 e. The molecule has 1 aliphatic carbocycles. The Balaban J connectivity index is 1.72. The first kappa shape index (κ1) is 20.8. The number of benzene rings is 2. The SMILES string of the molecule is Cc1cc(S(=O)(=O)Nc2ccc(C(=O)NC3(C#N)CCCCC3)cc2)ccc1F. The highest BCUT2D eigenvalue weighted by Crippen LogP contribution is 2.28. The fourth-order valence-electron chi connectivity index (χ4n) is 3.40. The number of nitrogens with one attached hydrogen (secondary N) is 2. The summed E-state index contributed by atoms with van der Waals surface area (Å²) in [5, 5.41) is 12.3. The molecule has 29 heavy (non-hydrogen) atoms. The number of anilines is 1. The second-order valence-corrected chi connectivity index (χ2v) is 8.98. The highest BCUT2D eigenvalue weighted by Gasteiger charge is 2.33. The molecule has 1 amide bonds. The minimum absolute atomic E-state index is 0.0496. The fraction of sp³-hybridized carbons (Fsp3) is 0.333. The van der Waals surface area contributed by atoms with Crippen molar-refractivity contribution in [2.24, 2.45) is 0 Å². The number of hydrogen-bond acceptors (Lipinski definition) is 4. The number of sulfonamides is 1. The van der Waals surface area contributed by atoms with Crippen molar-refractivity contribution < 1.29 is 17.6 Å². The van der Waals surface area contributed by atoms with E-state index in [1.807, 2.05) is 0 Å². The van der Waals surface area contributed by atoms with Crippen LogP contribution in [0.4, 0.5) is 10.1 Å². The van der Waals surface area contributed by atoms with Crippen LogP contribution in [0.3, 0.4) is 0 Å². The van der Waals surface area contributed by atoms with Crippen molar-refractivity contribution in [1.29, 1.82) is 5.26 Å². The summed E-state index contributed by atoms with van der Waals surface area (Å²) < 4.78 is 40.8. The molecule has 0 radical (unpaired) electrons. The summed E-state index contributed by atoms with van der Waals surface area (Å²) in [5.74, 6) is -0.843. The average Bonchev–Trinajstić information content (AvgIpc) is 2.71. The highest BCUT2D eigenvalue weighted by molar-refractivity contribution is 7.92. The molecule has 0 heterocycles. The molecule has 0 bridgehead atoms. The van der Waals surface area contributed by atoms with Gasteiger partial charge in [0.05, 0.1) is 11.0 Å². The summed E-state index contributed by atoms with van der Waals surface area (Å²) in [6.45, 7) is 1.49. The van der Waals surface area contributed by atoms with E-state index in [2.05, 4.69) is 16.1 Å². The lowest BCUT2D eigenvalue weighted by Crippen LogP contribution is -2.48. The molecule has 1 fully saturated rings. The van der Waals surface area contributed by atoms with Crippen molar-refractivity contribution in [2.45, 2.75) is 49.5 Å². The minimum atomic E-state index is -3.88. The van der Waals surface area contributed by atoms with E-state index in [-0.39, 0.29) is 22.1 Å². The summed E-state index contributed by atoms with van der Waals surface area (Å²) in [7, 11) is -3.88. The number of amides is 1. The molecule has 0 aromatic heterocycles. The van der Waals surface area contributed by atoms with Crippen LogP contribution in [0.15, 0.2) is 47.4 Å². The summed E-state index contributed by atoms with van der Waals surface area (Å²) in [5.41, 5.74) is 0.00625. The van der Waals surface area contributed by atoms with E-state index in [9.17, 15) is 22.9 Å². The predicted octanol–water partition coefficient (Wildman–Crippen LogP) is 3.89. The number of halogens is 1. The normalized spacial score (nSPS) is 15.9. The molecular formula is C21H22FN3O3S. The number of carbonyl (C=O) groups is 1. The van der Waals surface area contributed by atoms with E-state index >= 15 is 0 Å². The molecule has 6 nitrogen and oxygen atoms in total. The Morgan fingerprint density at radius 1 is 1.10 bits per heavy atom. The number of nitriles is 1. The van der Waals surface area contributed by atoms with Gasteiger partial charge < -0.3 is 5.32 Å². The van der Waals surface area contributed by atoms with Crippen LogP contribution >= 0.6 is 0 Å². The molecule has 0 spiro atoms. The lowest BCUT2D eigenvalue weighted by Gasteiger charge is -2.31. The Bertz CT molecular complexity index is 1050. The summed E-state index contributed by atoms with van der Waals surface area (Å²) in [4.78, 5) is 12.5. The molecule has 0 unspecified atom stereocenters. The summed E-state index contributed by atoms with van der Waals surface area (Å²) in [6.07, 6.45) is 4.12. The van der Waals surface area contributed by atoms with Crippen LogP contribution in [0.25, 0.3) is 0 Å². The fourth-order valence-corrected chi connectivity index (χ4v) is 4.54. The highest BCUT2D eigenvalue weighted by atomic mass is 32.2. The maximum absolute atomic E-state index is 13.4. The van der Waals surface area contributed by atoms with Gasteiger partial charge in [0.15, 0.2) is 0 Å². The molecule has 0 aliphatic heterocycles. The van der Waals surface area contributed by atoms with Crippen molar-refractivity contribution in [3.63, 3.8) is 0 Å². The van der Waals surface area contributed by atoms with Gasteiger partial charge in [-0.1, -0.05) is 19.3 Å². The molecule has 1 saturated carbocycles. The van der Waals surface area contributed by atoms with Gasteiger partial charge in [-0.25, -0.2) is 12.8 Å². The number of carbonyl (C=O) groups excluding carboxylic acids is 1. The Kier molecular flexibility index (Phi) is 5.89. The van der Waals surface area contributed by atoms with Crippen LogP contribution in [0.2, 0.25) is 0 Å². The monoisotopic (exact) mass is 415 g/mol. The van der Waals surface area contributed by atoms with Crippen LogP contribution in [0, 0.1) is 24.1 Å². The molecule has 8 heteroatoms. The lowest BCUT2D eigenvalue weighted by atomic mass is 9.82. The molecule has 2 N–H and O–H groups in total. The lowest BCUT2D eigenvalue weighted by molar-refractivity contribution is 0.0902. The van der Waals surface area contributed by atoms with Gasteiger partial charge in [0.25, 0.3) is 15.9 Å². The van der Waals surface area contributed by atoms with Gasteiger partial charge in [-0.15, -0.1) is 0 Å². The van der Waals surface area contributed by atoms with E-state index in [4.69, 9.17) is 0 Å². The summed E-state index contributed by atoms with van der Waals surface area (Å²) in [6, 6.07) is 11.7. The van der Waals surface area contributed by atoms with Crippen molar-refractivity contribution >= 4 is 21.6 Å². The number of hydrogen-bond donors (Lipinski definition) is 2. The van der Waals surface area contributed by atoms with Crippen LogP contribution in [-0.2, 0) is 10.0 Å².